The fourth-order valence-electron chi connectivity index (χ4n) is 1.62. The van der Waals surface area contributed by atoms with Crippen molar-refractivity contribution in [2.24, 2.45) is 0 Å². The predicted molar refractivity (Wildman–Crippen MR) is 61.7 cm³/mol. The molecule has 2 rings (SSSR count). The summed E-state index contributed by atoms with van der Waals surface area (Å²) in [7, 11) is 0. The number of rotatable bonds is 3. The second kappa shape index (κ2) is 5.28. The lowest BCUT2D eigenvalue weighted by atomic mass is 10.0. The molecule has 0 aliphatic rings. The highest BCUT2D eigenvalue weighted by Crippen LogP contribution is 2.30. The van der Waals surface area contributed by atoms with Crippen LogP contribution in [0.2, 0.25) is 0 Å². The average molecular weight is 285 g/mol. The van der Waals surface area contributed by atoms with Gasteiger partial charge in [-0.05, 0) is 35.9 Å². The molecule has 0 aliphatic heterocycles. The standard InChI is InChI=1S/C13H7F4NO2/c14-12-4-2-8(6-18-12)11-5-10(20-13(15,16)17)3-1-9(11)7-19/h1-7H. The lowest BCUT2D eigenvalue weighted by molar-refractivity contribution is -0.274. The summed E-state index contributed by atoms with van der Waals surface area (Å²) in [6, 6.07) is 5.61. The Hall–Kier alpha value is -2.44. The SMILES string of the molecule is O=Cc1ccc(OC(F)(F)F)cc1-c1ccc(F)nc1. The Morgan fingerprint density at radius 3 is 2.45 bits per heavy atom. The fourth-order valence-corrected chi connectivity index (χ4v) is 1.62. The molecule has 1 aromatic heterocycles. The summed E-state index contributed by atoms with van der Waals surface area (Å²) in [5.74, 6) is -1.20. The Labute approximate surface area is 110 Å². The summed E-state index contributed by atoms with van der Waals surface area (Å²) < 4.78 is 53.0. The van der Waals surface area contributed by atoms with Crippen LogP contribution in [0.15, 0.2) is 36.5 Å². The van der Waals surface area contributed by atoms with Gasteiger partial charge in [0.1, 0.15) is 5.75 Å². The molecule has 104 valence electrons. The Balaban J connectivity index is 2.46. The molecule has 0 unspecified atom stereocenters. The maximum Gasteiger partial charge on any atom is 0.573 e. The second-order valence-corrected chi connectivity index (χ2v) is 3.78. The molecule has 3 nitrogen and oxygen atoms in total. The number of benzene rings is 1. The van der Waals surface area contributed by atoms with Crippen LogP contribution in [0.3, 0.4) is 0 Å². The minimum absolute atomic E-state index is 0.146. The monoisotopic (exact) mass is 285 g/mol. The number of aromatic nitrogens is 1. The zero-order valence-corrected chi connectivity index (χ0v) is 9.82. The highest BCUT2D eigenvalue weighted by atomic mass is 19.4. The topological polar surface area (TPSA) is 39.2 Å². The van der Waals surface area contributed by atoms with Crippen LogP contribution in [0.5, 0.6) is 5.75 Å². The summed E-state index contributed by atoms with van der Waals surface area (Å²) >= 11 is 0. The van der Waals surface area contributed by atoms with E-state index in [2.05, 4.69) is 9.72 Å². The normalized spacial score (nSPS) is 11.2. The first kappa shape index (κ1) is 14.0. The molecule has 0 saturated carbocycles. The van der Waals surface area contributed by atoms with Gasteiger partial charge < -0.3 is 4.74 Å². The number of halogens is 4. The molecule has 0 saturated heterocycles. The minimum atomic E-state index is -4.83. The van der Waals surface area contributed by atoms with Gasteiger partial charge in [0.2, 0.25) is 5.95 Å². The Kier molecular flexibility index (Phi) is 3.69. The maximum atomic E-state index is 12.7. The number of aldehydes is 1. The molecule has 0 aliphatic carbocycles. The van der Waals surface area contributed by atoms with Crippen molar-refractivity contribution in [2.45, 2.75) is 6.36 Å². The van der Waals surface area contributed by atoms with E-state index in [1.807, 2.05) is 0 Å². The van der Waals surface area contributed by atoms with Crippen LogP contribution in [0.1, 0.15) is 10.4 Å². The molecule has 0 fully saturated rings. The second-order valence-electron chi connectivity index (χ2n) is 3.78. The predicted octanol–water partition coefficient (Wildman–Crippen LogP) is 3.60. The van der Waals surface area contributed by atoms with Crippen LogP contribution < -0.4 is 4.74 Å². The first-order chi connectivity index (χ1) is 9.39. The van der Waals surface area contributed by atoms with E-state index >= 15 is 0 Å². The van der Waals surface area contributed by atoms with Gasteiger partial charge in [0, 0.05) is 17.3 Å². The molecule has 1 heterocycles. The maximum absolute atomic E-state index is 12.7. The van der Waals surface area contributed by atoms with Gasteiger partial charge in [0.05, 0.1) is 0 Å². The van der Waals surface area contributed by atoms with Crippen molar-refractivity contribution in [1.29, 1.82) is 0 Å². The van der Waals surface area contributed by atoms with Crippen molar-refractivity contribution in [2.75, 3.05) is 0 Å². The highest BCUT2D eigenvalue weighted by molar-refractivity contribution is 5.88. The van der Waals surface area contributed by atoms with Crippen LogP contribution in [0.25, 0.3) is 11.1 Å². The van der Waals surface area contributed by atoms with E-state index in [9.17, 15) is 22.4 Å². The van der Waals surface area contributed by atoms with Gasteiger partial charge in [-0.15, -0.1) is 13.2 Å². The van der Waals surface area contributed by atoms with Gasteiger partial charge in [-0.25, -0.2) is 4.98 Å². The number of carbonyl (C=O) groups excluding carboxylic acids is 1. The molecular formula is C13H7F4NO2. The third-order valence-electron chi connectivity index (χ3n) is 2.42. The molecule has 0 radical (unpaired) electrons. The molecule has 0 N–H and O–H groups in total. The number of pyridine rings is 1. The highest BCUT2D eigenvalue weighted by Gasteiger charge is 2.31. The number of carbonyl (C=O) groups is 1. The van der Waals surface area contributed by atoms with Gasteiger partial charge in [-0.3, -0.25) is 4.79 Å². The van der Waals surface area contributed by atoms with E-state index in [0.29, 0.717) is 11.8 Å². The largest absolute Gasteiger partial charge is 0.573 e. The van der Waals surface area contributed by atoms with E-state index in [4.69, 9.17) is 0 Å². The Bertz CT molecular complexity index is 623. The van der Waals surface area contributed by atoms with E-state index in [-0.39, 0.29) is 11.1 Å². The van der Waals surface area contributed by atoms with E-state index < -0.39 is 18.1 Å². The first-order valence-corrected chi connectivity index (χ1v) is 5.36. The van der Waals surface area contributed by atoms with Crippen LogP contribution in [0, 0.1) is 5.95 Å². The molecule has 0 amide bonds. The zero-order valence-electron chi connectivity index (χ0n) is 9.82. The first-order valence-electron chi connectivity index (χ1n) is 5.36. The Morgan fingerprint density at radius 1 is 1.15 bits per heavy atom. The van der Waals surface area contributed by atoms with Crippen LogP contribution in [-0.4, -0.2) is 17.6 Å². The van der Waals surface area contributed by atoms with Crippen molar-refractivity contribution in [3.63, 3.8) is 0 Å². The number of nitrogens with zero attached hydrogens (tertiary/aromatic N) is 1. The summed E-state index contributed by atoms with van der Waals surface area (Å²) in [4.78, 5) is 14.3. The molecule has 2 aromatic rings. The van der Waals surface area contributed by atoms with Gasteiger partial charge in [0.15, 0.2) is 6.29 Å². The van der Waals surface area contributed by atoms with E-state index in [1.54, 1.807) is 0 Å². The van der Waals surface area contributed by atoms with Gasteiger partial charge in [-0.2, -0.15) is 4.39 Å². The van der Waals surface area contributed by atoms with Crippen LogP contribution >= 0.6 is 0 Å². The number of hydrogen-bond acceptors (Lipinski definition) is 3. The zero-order chi connectivity index (χ0) is 14.8. The number of hydrogen-bond donors (Lipinski definition) is 0. The molecule has 0 bridgehead atoms. The van der Waals surface area contributed by atoms with Crippen molar-refractivity contribution >= 4 is 6.29 Å². The van der Waals surface area contributed by atoms with E-state index in [0.717, 1.165) is 24.4 Å². The summed E-state index contributed by atoms with van der Waals surface area (Å²) in [6.45, 7) is 0. The third kappa shape index (κ3) is 3.31. The molecule has 20 heavy (non-hydrogen) atoms. The Morgan fingerprint density at radius 2 is 1.90 bits per heavy atom. The number of alkyl halides is 3. The summed E-state index contributed by atoms with van der Waals surface area (Å²) in [6.07, 6.45) is -3.23. The average Bonchev–Trinajstić information content (AvgIpc) is 2.38. The lowest BCUT2D eigenvalue weighted by Gasteiger charge is -2.11. The lowest BCUT2D eigenvalue weighted by Crippen LogP contribution is -2.17. The molecule has 0 spiro atoms. The summed E-state index contributed by atoms with van der Waals surface area (Å²) in [5.41, 5.74) is 0.628. The minimum Gasteiger partial charge on any atom is -0.406 e. The smallest absolute Gasteiger partial charge is 0.406 e. The van der Waals surface area contributed by atoms with Crippen molar-refractivity contribution < 1.29 is 27.1 Å². The third-order valence-corrected chi connectivity index (χ3v) is 2.42. The molecular weight excluding hydrogens is 278 g/mol. The van der Waals surface area contributed by atoms with Crippen LogP contribution in [0.4, 0.5) is 17.6 Å². The molecule has 7 heteroatoms. The molecule has 1 aromatic carbocycles. The van der Waals surface area contributed by atoms with Gasteiger partial charge in [-0.1, -0.05) is 0 Å². The van der Waals surface area contributed by atoms with Crippen molar-refractivity contribution in [3.05, 3.63) is 48.0 Å². The van der Waals surface area contributed by atoms with Crippen LogP contribution in [-0.2, 0) is 0 Å². The summed E-state index contributed by atoms with van der Waals surface area (Å²) in [5, 5.41) is 0. The van der Waals surface area contributed by atoms with Crippen molar-refractivity contribution in [3.8, 4) is 16.9 Å². The van der Waals surface area contributed by atoms with E-state index in [1.165, 1.54) is 12.1 Å². The quantitative estimate of drug-likeness (QED) is 0.491. The molecule has 0 atom stereocenters. The van der Waals surface area contributed by atoms with Gasteiger partial charge in [0.25, 0.3) is 0 Å². The fraction of sp³-hybridized carbons (Fsp3) is 0.0769. The van der Waals surface area contributed by atoms with Crippen molar-refractivity contribution in [1.82, 2.24) is 4.98 Å². The van der Waals surface area contributed by atoms with Gasteiger partial charge >= 0.3 is 6.36 Å². The number of ether oxygens (including phenoxy) is 1.